The van der Waals surface area contributed by atoms with Crippen LogP contribution in [0.25, 0.3) is 6.08 Å². The summed E-state index contributed by atoms with van der Waals surface area (Å²) < 4.78 is 61.4. The van der Waals surface area contributed by atoms with Crippen LogP contribution in [0.5, 0.6) is 11.5 Å². The van der Waals surface area contributed by atoms with E-state index in [-0.39, 0.29) is 28.1 Å². The van der Waals surface area contributed by atoms with Crippen LogP contribution < -0.4 is 24.4 Å². The molecule has 0 unspecified atom stereocenters. The quantitative estimate of drug-likeness (QED) is 0.136. The number of carbonyl (C=O) groups excluding carboxylic acids is 1. The minimum Gasteiger partial charge on any atom is -0.493 e. The number of thiazole rings is 1. The number of halogens is 7. The molecule has 0 aliphatic carbocycles. The van der Waals surface area contributed by atoms with Crippen LogP contribution in [0.4, 0.5) is 13.2 Å². The molecule has 1 atom stereocenters. The van der Waals surface area contributed by atoms with Crippen LogP contribution in [-0.2, 0) is 16.1 Å². The zero-order valence-corrected chi connectivity index (χ0v) is 29.0. The van der Waals surface area contributed by atoms with Crippen molar-refractivity contribution in [2.75, 3.05) is 13.7 Å². The Morgan fingerprint density at radius 1 is 1.09 bits per heavy atom. The van der Waals surface area contributed by atoms with Crippen molar-refractivity contribution in [1.82, 2.24) is 4.57 Å². The van der Waals surface area contributed by atoms with Gasteiger partial charge in [-0.1, -0.05) is 64.3 Å². The van der Waals surface area contributed by atoms with Crippen LogP contribution in [0.2, 0.25) is 15.1 Å². The van der Waals surface area contributed by atoms with Crippen LogP contribution in [0.15, 0.2) is 75.7 Å². The highest BCUT2D eigenvalue weighted by Gasteiger charge is 2.45. The maximum Gasteiger partial charge on any atom is 0.434 e. The number of aromatic nitrogens is 1. The molecule has 0 fully saturated rings. The molecule has 46 heavy (non-hydrogen) atoms. The molecule has 240 valence electrons. The lowest BCUT2D eigenvalue weighted by Crippen LogP contribution is -2.41. The minimum absolute atomic E-state index is 0.0756. The summed E-state index contributed by atoms with van der Waals surface area (Å²) in [5.41, 5.74) is -1.38. The van der Waals surface area contributed by atoms with Crippen molar-refractivity contribution < 1.29 is 32.2 Å². The third-order valence-electron chi connectivity index (χ3n) is 6.70. The number of rotatable bonds is 8. The maximum atomic E-state index is 14.4. The lowest BCUT2D eigenvalue weighted by Gasteiger charge is -2.26. The number of benzene rings is 3. The summed E-state index contributed by atoms with van der Waals surface area (Å²) in [5.74, 6) is -0.443. The van der Waals surface area contributed by atoms with Crippen LogP contribution in [0.3, 0.4) is 0 Å². The Morgan fingerprint density at radius 2 is 1.80 bits per heavy atom. The molecule has 5 rings (SSSR count). The number of alkyl halides is 3. The molecule has 0 N–H and O–H groups in total. The Balaban J connectivity index is 1.62. The first kappa shape index (κ1) is 34.3. The van der Waals surface area contributed by atoms with Crippen molar-refractivity contribution in [2.45, 2.75) is 25.7 Å². The lowest BCUT2D eigenvalue weighted by atomic mass is 9.95. The fraction of sp³-hybridized carbons (Fsp3) is 0.194. The zero-order valence-electron chi connectivity index (χ0n) is 23.8. The van der Waals surface area contributed by atoms with E-state index in [1.807, 2.05) is 0 Å². The number of ether oxygens (including phenoxy) is 3. The topological polar surface area (TPSA) is 79.1 Å². The molecule has 1 aliphatic rings. The number of allylic oxidation sites excluding steroid dienone is 1. The van der Waals surface area contributed by atoms with Crippen molar-refractivity contribution in [3.63, 3.8) is 0 Å². The van der Waals surface area contributed by atoms with Crippen molar-refractivity contribution >= 4 is 80.8 Å². The Hall–Kier alpha value is -3.04. The Labute approximate surface area is 292 Å². The van der Waals surface area contributed by atoms with E-state index in [2.05, 4.69) is 27.6 Å². The highest BCUT2D eigenvalue weighted by Crippen LogP contribution is 2.39. The Morgan fingerprint density at radius 3 is 2.43 bits per heavy atom. The van der Waals surface area contributed by atoms with E-state index in [4.69, 9.17) is 49.0 Å². The molecule has 0 radical (unpaired) electrons. The molecule has 3 aromatic carbocycles. The fourth-order valence-corrected chi connectivity index (χ4v) is 6.93. The van der Waals surface area contributed by atoms with E-state index in [9.17, 15) is 22.8 Å². The number of nitrogens with zero attached hydrogens (tertiary/aromatic N) is 2. The van der Waals surface area contributed by atoms with E-state index in [0.29, 0.717) is 35.7 Å². The first-order valence-electron chi connectivity index (χ1n) is 13.3. The summed E-state index contributed by atoms with van der Waals surface area (Å²) in [6.45, 7) is 1.45. The van der Waals surface area contributed by atoms with E-state index in [1.54, 1.807) is 30.3 Å². The van der Waals surface area contributed by atoms with E-state index >= 15 is 0 Å². The standard InChI is InChI=1S/C31H21Cl3F3IN2O5S/c1-3-44-29(42)24-25(17-5-7-18(32)8-6-17)40-28(41)23(46-30(40)39-27(24)31(35,36)37)13-16-11-21(38)26(22(12-16)43-2)45-14-15-4-9-19(33)20(34)10-15/h4-13,25H,3,14H2,1-2H3/b23-13-/t25-/m1/s1. The average Bonchev–Trinajstić information content (AvgIpc) is 3.31. The summed E-state index contributed by atoms with van der Waals surface area (Å²) >= 11 is 21.0. The molecule has 4 aromatic rings. The van der Waals surface area contributed by atoms with Crippen LogP contribution in [0.1, 0.15) is 29.7 Å². The normalized spacial score (nSPS) is 15.0. The number of fused-ring (bicyclic) bond motifs is 1. The second kappa shape index (κ2) is 14.0. The van der Waals surface area contributed by atoms with E-state index < -0.39 is 35.0 Å². The largest absolute Gasteiger partial charge is 0.493 e. The summed E-state index contributed by atoms with van der Waals surface area (Å²) in [6.07, 6.45) is -3.50. The van der Waals surface area contributed by atoms with Gasteiger partial charge in [-0.05, 0) is 88.7 Å². The van der Waals surface area contributed by atoms with Crippen molar-refractivity contribution in [2.24, 2.45) is 4.99 Å². The van der Waals surface area contributed by atoms with Gasteiger partial charge in [-0.3, -0.25) is 9.36 Å². The van der Waals surface area contributed by atoms with Crippen LogP contribution in [0, 0.1) is 3.57 Å². The predicted molar refractivity (Wildman–Crippen MR) is 179 cm³/mol. The van der Waals surface area contributed by atoms with Gasteiger partial charge in [-0.15, -0.1) is 0 Å². The number of esters is 1. The molecular weight excluding hydrogens is 803 g/mol. The summed E-state index contributed by atoms with van der Waals surface area (Å²) in [4.78, 5) is 30.4. The van der Waals surface area contributed by atoms with Gasteiger partial charge in [-0.2, -0.15) is 13.2 Å². The molecule has 2 heterocycles. The highest BCUT2D eigenvalue weighted by atomic mass is 127. The minimum atomic E-state index is -5.02. The first-order chi connectivity index (χ1) is 21.8. The molecule has 0 spiro atoms. The number of hydrogen-bond acceptors (Lipinski definition) is 7. The summed E-state index contributed by atoms with van der Waals surface area (Å²) in [7, 11) is 1.46. The van der Waals surface area contributed by atoms with Crippen LogP contribution in [-0.4, -0.2) is 30.4 Å². The van der Waals surface area contributed by atoms with Gasteiger partial charge in [0.1, 0.15) is 6.61 Å². The van der Waals surface area contributed by atoms with Gasteiger partial charge in [0.2, 0.25) is 0 Å². The fourth-order valence-electron chi connectivity index (χ4n) is 4.70. The lowest BCUT2D eigenvalue weighted by molar-refractivity contribution is -0.140. The third kappa shape index (κ3) is 7.10. The third-order valence-corrected chi connectivity index (χ3v) is 9.47. The molecule has 0 amide bonds. The van der Waals surface area contributed by atoms with Gasteiger partial charge in [0, 0.05) is 5.02 Å². The molecule has 0 bridgehead atoms. The molecular formula is C31H21Cl3F3IN2O5S. The number of hydrogen-bond donors (Lipinski definition) is 0. The second-order valence-corrected chi connectivity index (χ2v) is 13.1. The van der Waals surface area contributed by atoms with E-state index in [0.717, 1.165) is 21.5 Å². The Bertz CT molecular complexity index is 2050. The van der Waals surface area contributed by atoms with Gasteiger partial charge in [0.25, 0.3) is 5.56 Å². The van der Waals surface area contributed by atoms with Gasteiger partial charge in [-0.25, -0.2) is 9.79 Å². The van der Waals surface area contributed by atoms with Crippen molar-refractivity contribution in [3.8, 4) is 11.5 Å². The monoisotopic (exact) mass is 822 g/mol. The van der Waals surface area contributed by atoms with Gasteiger partial charge < -0.3 is 14.2 Å². The molecule has 15 heteroatoms. The average molecular weight is 824 g/mol. The first-order valence-corrected chi connectivity index (χ1v) is 16.3. The van der Waals surface area contributed by atoms with Gasteiger partial charge in [0.15, 0.2) is 22.0 Å². The molecule has 1 aromatic heterocycles. The smallest absolute Gasteiger partial charge is 0.434 e. The Kier molecular flexibility index (Phi) is 10.4. The SMILES string of the molecule is CCOC(=O)C1=C(C(F)(F)F)N=c2s/c(=C\c3cc(I)c(OCc4ccc(Cl)c(Cl)c4)c(OC)c3)c(=O)n2[C@@H]1c1ccc(Cl)cc1. The van der Waals surface area contributed by atoms with Crippen molar-refractivity contribution in [1.29, 1.82) is 0 Å². The second-order valence-electron chi connectivity index (χ2n) is 9.69. The molecule has 0 saturated heterocycles. The highest BCUT2D eigenvalue weighted by molar-refractivity contribution is 14.1. The van der Waals surface area contributed by atoms with Crippen LogP contribution >= 0.6 is 68.7 Å². The number of methoxy groups -OCH3 is 1. The van der Waals surface area contributed by atoms with E-state index in [1.165, 1.54) is 44.4 Å². The molecule has 7 nitrogen and oxygen atoms in total. The van der Waals surface area contributed by atoms with Gasteiger partial charge >= 0.3 is 12.1 Å². The number of carbonyl (C=O) groups is 1. The zero-order chi connectivity index (χ0) is 33.3. The molecule has 0 saturated carbocycles. The summed E-state index contributed by atoms with van der Waals surface area (Å²) in [5, 5.41) is 1.12. The predicted octanol–water partition coefficient (Wildman–Crippen LogP) is 7.49. The maximum absolute atomic E-state index is 14.4. The summed E-state index contributed by atoms with van der Waals surface area (Å²) in [6, 6.07) is 12.8. The van der Waals surface area contributed by atoms with Gasteiger partial charge in [0.05, 0.1) is 43.5 Å². The molecule has 1 aliphatic heterocycles. The van der Waals surface area contributed by atoms with Crippen molar-refractivity contribution in [3.05, 3.63) is 121 Å².